The molecule has 0 fully saturated rings. The third-order valence-electron chi connectivity index (χ3n) is 1.86. The first-order valence-corrected chi connectivity index (χ1v) is 4.90. The molecule has 0 saturated carbocycles. The SMILES string of the molecule is COc1ccc(Br)cc1N(C)CC#N. The molecule has 0 aliphatic rings. The molecule has 0 amide bonds. The summed E-state index contributed by atoms with van der Waals surface area (Å²) in [5.41, 5.74) is 0.906. The van der Waals surface area contributed by atoms with Gasteiger partial charge in [0.2, 0.25) is 0 Å². The molecule has 0 aliphatic carbocycles. The second kappa shape index (κ2) is 4.87. The normalized spacial score (nSPS) is 9.29. The van der Waals surface area contributed by atoms with Crippen LogP contribution in [0.15, 0.2) is 22.7 Å². The molecular formula is C10H11BrN2O. The Morgan fingerprint density at radius 3 is 2.86 bits per heavy atom. The van der Waals surface area contributed by atoms with Gasteiger partial charge in [-0.05, 0) is 18.2 Å². The van der Waals surface area contributed by atoms with Crippen molar-refractivity contribution >= 4 is 21.6 Å². The maximum atomic E-state index is 8.59. The average Bonchev–Trinajstić information content (AvgIpc) is 2.18. The van der Waals surface area contributed by atoms with Gasteiger partial charge in [-0.2, -0.15) is 5.26 Å². The summed E-state index contributed by atoms with van der Waals surface area (Å²) in [5.74, 6) is 0.769. The van der Waals surface area contributed by atoms with Crippen LogP contribution in [0.3, 0.4) is 0 Å². The Labute approximate surface area is 92.0 Å². The first kappa shape index (κ1) is 10.9. The van der Waals surface area contributed by atoms with Crippen molar-refractivity contribution in [2.45, 2.75) is 0 Å². The quantitative estimate of drug-likeness (QED) is 0.778. The number of methoxy groups -OCH3 is 1. The summed E-state index contributed by atoms with van der Waals surface area (Å²) < 4.78 is 6.17. The highest BCUT2D eigenvalue weighted by Crippen LogP contribution is 2.30. The first-order chi connectivity index (χ1) is 6.69. The van der Waals surface area contributed by atoms with Crippen molar-refractivity contribution in [1.82, 2.24) is 0 Å². The molecule has 0 heterocycles. The van der Waals surface area contributed by atoms with Gasteiger partial charge in [0.05, 0.1) is 18.9 Å². The minimum atomic E-state index is 0.340. The van der Waals surface area contributed by atoms with E-state index >= 15 is 0 Å². The molecule has 74 valence electrons. The third kappa shape index (κ3) is 2.39. The molecule has 0 N–H and O–H groups in total. The summed E-state index contributed by atoms with van der Waals surface area (Å²) in [6, 6.07) is 7.79. The summed E-state index contributed by atoms with van der Waals surface area (Å²) in [5, 5.41) is 8.59. The Hall–Kier alpha value is -1.21. The molecule has 0 saturated heterocycles. The van der Waals surface area contributed by atoms with Gasteiger partial charge in [-0.25, -0.2) is 0 Å². The van der Waals surface area contributed by atoms with E-state index in [1.165, 1.54) is 0 Å². The molecule has 14 heavy (non-hydrogen) atoms. The molecule has 0 spiro atoms. The average molecular weight is 255 g/mol. The Balaban J connectivity index is 3.04. The van der Waals surface area contributed by atoms with Crippen LogP contribution >= 0.6 is 15.9 Å². The van der Waals surface area contributed by atoms with E-state index in [0.29, 0.717) is 6.54 Å². The molecule has 0 unspecified atom stereocenters. The molecule has 1 rings (SSSR count). The number of benzene rings is 1. The van der Waals surface area contributed by atoms with Gasteiger partial charge in [-0.1, -0.05) is 15.9 Å². The minimum absolute atomic E-state index is 0.340. The van der Waals surface area contributed by atoms with E-state index in [1.54, 1.807) is 7.11 Å². The zero-order valence-corrected chi connectivity index (χ0v) is 9.71. The van der Waals surface area contributed by atoms with Gasteiger partial charge in [0, 0.05) is 11.5 Å². The van der Waals surface area contributed by atoms with Gasteiger partial charge in [-0.3, -0.25) is 0 Å². The van der Waals surface area contributed by atoms with Gasteiger partial charge in [0.25, 0.3) is 0 Å². The topological polar surface area (TPSA) is 36.3 Å². The van der Waals surface area contributed by atoms with Gasteiger partial charge in [0.1, 0.15) is 12.3 Å². The second-order valence-corrected chi connectivity index (χ2v) is 3.75. The van der Waals surface area contributed by atoms with Crippen LogP contribution in [0.2, 0.25) is 0 Å². The number of nitriles is 1. The van der Waals surface area contributed by atoms with Crippen molar-refractivity contribution in [2.75, 3.05) is 25.6 Å². The molecule has 0 aliphatic heterocycles. The van der Waals surface area contributed by atoms with Crippen LogP contribution in [0.1, 0.15) is 0 Å². The van der Waals surface area contributed by atoms with E-state index in [9.17, 15) is 0 Å². The lowest BCUT2D eigenvalue weighted by molar-refractivity contribution is 0.415. The van der Waals surface area contributed by atoms with Crippen molar-refractivity contribution in [2.24, 2.45) is 0 Å². The Morgan fingerprint density at radius 2 is 2.29 bits per heavy atom. The van der Waals surface area contributed by atoms with Crippen molar-refractivity contribution in [1.29, 1.82) is 5.26 Å². The van der Waals surface area contributed by atoms with E-state index in [4.69, 9.17) is 10.00 Å². The fraction of sp³-hybridized carbons (Fsp3) is 0.300. The monoisotopic (exact) mass is 254 g/mol. The molecular weight excluding hydrogens is 244 g/mol. The van der Waals surface area contributed by atoms with Crippen LogP contribution in [-0.2, 0) is 0 Å². The molecule has 1 aromatic carbocycles. The zero-order valence-electron chi connectivity index (χ0n) is 8.12. The van der Waals surface area contributed by atoms with Crippen LogP contribution in [0.5, 0.6) is 5.75 Å². The Kier molecular flexibility index (Phi) is 3.78. The Morgan fingerprint density at radius 1 is 1.57 bits per heavy atom. The van der Waals surface area contributed by atoms with Crippen LogP contribution < -0.4 is 9.64 Å². The number of ether oxygens (including phenoxy) is 1. The molecule has 1 aromatic rings. The van der Waals surface area contributed by atoms with Gasteiger partial charge < -0.3 is 9.64 Å². The van der Waals surface area contributed by atoms with Crippen molar-refractivity contribution in [3.63, 3.8) is 0 Å². The largest absolute Gasteiger partial charge is 0.495 e. The predicted octanol–water partition coefficient (Wildman–Crippen LogP) is 2.42. The zero-order chi connectivity index (χ0) is 10.6. The number of rotatable bonds is 3. The molecule has 0 radical (unpaired) electrons. The predicted molar refractivity (Wildman–Crippen MR) is 59.6 cm³/mol. The van der Waals surface area contributed by atoms with Crippen LogP contribution in [0.4, 0.5) is 5.69 Å². The fourth-order valence-corrected chi connectivity index (χ4v) is 1.50. The number of hydrogen-bond acceptors (Lipinski definition) is 3. The third-order valence-corrected chi connectivity index (χ3v) is 2.35. The van der Waals surface area contributed by atoms with Gasteiger partial charge in [0.15, 0.2) is 0 Å². The minimum Gasteiger partial charge on any atom is -0.495 e. The lowest BCUT2D eigenvalue weighted by Crippen LogP contribution is -2.17. The van der Waals surface area contributed by atoms with Crippen LogP contribution in [0.25, 0.3) is 0 Å². The van der Waals surface area contributed by atoms with E-state index in [1.807, 2.05) is 30.1 Å². The maximum Gasteiger partial charge on any atom is 0.142 e. The van der Waals surface area contributed by atoms with E-state index in [-0.39, 0.29) is 0 Å². The van der Waals surface area contributed by atoms with E-state index in [0.717, 1.165) is 15.9 Å². The number of anilines is 1. The fourth-order valence-electron chi connectivity index (χ4n) is 1.15. The summed E-state index contributed by atoms with van der Waals surface area (Å²) in [6.07, 6.45) is 0. The van der Waals surface area contributed by atoms with Crippen molar-refractivity contribution in [3.05, 3.63) is 22.7 Å². The highest BCUT2D eigenvalue weighted by Gasteiger charge is 2.07. The molecule has 0 atom stereocenters. The van der Waals surface area contributed by atoms with Gasteiger partial charge >= 0.3 is 0 Å². The van der Waals surface area contributed by atoms with Gasteiger partial charge in [-0.15, -0.1) is 0 Å². The van der Waals surface area contributed by atoms with Crippen LogP contribution in [-0.4, -0.2) is 20.7 Å². The molecule has 4 heteroatoms. The first-order valence-electron chi connectivity index (χ1n) is 4.10. The smallest absolute Gasteiger partial charge is 0.142 e. The lowest BCUT2D eigenvalue weighted by Gasteiger charge is -2.18. The summed E-state index contributed by atoms with van der Waals surface area (Å²) in [4.78, 5) is 1.84. The number of hydrogen-bond donors (Lipinski definition) is 0. The molecule has 0 aromatic heterocycles. The lowest BCUT2D eigenvalue weighted by atomic mass is 10.2. The van der Waals surface area contributed by atoms with E-state index < -0.39 is 0 Å². The van der Waals surface area contributed by atoms with Crippen molar-refractivity contribution in [3.8, 4) is 11.8 Å². The summed E-state index contributed by atoms with van der Waals surface area (Å²) in [6.45, 7) is 0.340. The highest BCUT2D eigenvalue weighted by molar-refractivity contribution is 9.10. The highest BCUT2D eigenvalue weighted by atomic mass is 79.9. The van der Waals surface area contributed by atoms with Crippen LogP contribution in [0, 0.1) is 11.3 Å². The standard InChI is InChI=1S/C10H11BrN2O/c1-13(6-5-12)9-7-8(11)3-4-10(9)14-2/h3-4,7H,6H2,1-2H3. The summed E-state index contributed by atoms with van der Waals surface area (Å²) in [7, 11) is 3.47. The molecule has 0 bridgehead atoms. The van der Waals surface area contributed by atoms with Crippen molar-refractivity contribution < 1.29 is 4.74 Å². The second-order valence-electron chi connectivity index (χ2n) is 2.83. The number of halogens is 1. The maximum absolute atomic E-state index is 8.59. The molecule has 3 nitrogen and oxygen atoms in total. The number of nitrogens with zero attached hydrogens (tertiary/aromatic N) is 2. The van der Waals surface area contributed by atoms with E-state index in [2.05, 4.69) is 22.0 Å². The Bertz CT molecular complexity index is 360. The summed E-state index contributed by atoms with van der Waals surface area (Å²) >= 11 is 3.38.